The molecule has 1 unspecified atom stereocenters. The van der Waals surface area contributed by atoms with Crippen LogP contribution in [0, 0.1) is 24.4 Å². The number of nitrogens with zero attached hydrogens (tertiary/aromatic N) is 1. The van der Waals surface area contributed by atoms with E-state index in [2.05, 4.69) is 10.3 Å². The third kappa shape index (κ3) is 3.45. The number of rotatable bonds is 3. The average molecular weight is 389 g/mol. The SMILES string of the molecule is Cc1cc(NC(=O)N(C)C(C)c2c[nH]c(=O)c3c(F)c(F)ccc23)ccc1F. The second-order valence-corrected chi connectivity index (χ2v) is 6.54. The fourth-order valence-corrected chi connectivity index (χ4v) is 2.97. The van der Waals surface area contributed by atoms with Gasteiger partial charge in [0.05, 0.1) is 11.4 Å². The van der Waals surface area contributed by atoms with Crippen LogP contribution < -0.4 is 10.9 Å². The first-order chi connectivity index (χ1) is 13.2. The fraction of sp³-hybridized carbons (Fsp3) is 0.200. The van der Waals surface area contributed by atoms with Gasteiger partial charge in [-0.25, -0.2) is 18.0 Å². The van der Waals surface area contributed by atoms with Crippen LogP contribution in [0.1, 0.15) is 24.1 Å². The molecule has 8 heteroatoms. The third-order valence-corrected chi connectivity index (χ3v) is 4.75. The maximum atomic E-state index is 14.1. The topological polar surface area (TPSA) is 65.2 Å². The molecule has 3 aromatic rings. The van der Waals surface area contributed by atoms with Crippen LogP contribution in [0.5, 0.6) is 0 Å². The molecule has 1 atom stereocenters. The Bertz CT molecular complexity index is 1130. The summed E-state index contributed by atoms with van der Waals surface area (Å²) in [4.78, 5) is 28.2. The maximum absolute atomic E-state index is 14.1. The van der Waals surface area contributed by atoms with Crippen molar-refractivity contribution in [2.45, 2.75) is 19.9 Å². The Morgan fingerprint density at radius 3 is 2.50 bits per heavy atom. The van der Waals surface area contributed by atoms with Gasteiger partial charge in [0.25, 0.3) is 5.56 Å². The summed E-state index contributed by atoms with van der Waals surface area (Å²) in [6, 6.07) is 5.37. The number of pyridine rings is 1. The highest BCUT2D eigenvalue weighted by atomic mass is 19.2. The van der Waals surface area contributed by atoms with Gasteiger partial charge in [-0.1, -0.05) is 6.07 Å². The highest BCUT2D eigenvalue weighted by Crippen LogP contribution is 2.28. The molecule has 0 aliphatic carbocycles. The third-order valence-electron chi connectivity index (χ3n) is 4.75. The highest BCUT2D eigenvalue weighted by molar-refractivity contribution is 5.91. The van der Waals surface area contributed by atoms with E-state index in [-0.39, 0.29) is 11.2 Å². The summed E-state index contributed by atoms with van der Waals surface area (Å²) in [5, 5.41) is 2.47. The molecule has 5 nitrogen and oxygen atoms in total. The van der Waals surface area contributed by atoms with Crippen molar-refractivity contribution in [2.24, 2.45) is 0 Å². The van der Waals surface area contributed by atoms with Crippen molar-refractivity contribution in [3.05, 3.63) is 75.5 Å². The van der Waals surface area contributed by atoms with Gasteiger partial charge in [0, 0.05) is 18.9 Å². The lowest BCUT2D eigenvalue weighted by Gasteiger charge is -2.26. The number of H-pyrrole nitrogens is 1. The van der Waals surface area contributed by atoms with E-state index in [4.69, 9.17) is 0 Å². The number of urea groups is 1. The van der Waals surface area contributed by atoms with Gasteiger partial charge in [-0.05, 0) is 54.6 Å². The lowest BCUT2D eigenvalue weighted by molar-refractivity contribution is 0.208. The molecule has 0 aliphatic rings. The van der Waals surface area contributed by atoms with Crippen molar-refractivity contribution in [1.82, 2.24) is 9.88 Å². The van der Waals surface area contributed by atoms with Crippen LogP contribution in [0.4, 0.5) is 23.7 Å². The van der Waals surface area contributed by atoms with Crippen LogP contribution in [0.15, 0.2) is 41.3 Å². The number of anilines is 1. The number of amides is 2. The van der Waals surface area contributed by atoms with Gasteiger partial charge in [-0.3, -0.25) is 4.79 Å². The van der Waals surface area contributed by atoms with E-state index in [0.717, 1.165) is 6.07 Å². The number of halogens is 3. The van der Waals surface area contributed by atoms with E-state index in [0.29, 0.717) is 16.8 Å². The van der Waals surface area contributed by atoms with Crippen LogP contribution in [0.25, 0.3) is 10.8 Å². The lowest BCUT2D eigenvalue weighted by atomic mass is 10.0. The normalized spacial score (nSPS) is 12.1. The number of hydrogen-bond donors (Lipinski definition) is 2. The van der Waals surface area contributed by atoms with Gasteiger partial charge in [0.2, 0.25) is 0 Å². The van der Waals surface area contributed by atoms with Gasteiger partial charge in [-0.2, -0.15) is 0 Å². The Morgan fingerprint density at radius 2 is 1.82 bits per heavy atom. The molecule has 2 aromatic carbocycles. The molecule has 2 N–H and O–H groups in total. The number of nitrogens with one attached hydrogen (secondary N) is 2. The molecule has 0 spiro atoms. The zero-order valence-corrected chi connectivity index (χ0v) is 15.4. The van der Waals surface area contributed by atoms with Crippen LogP contribution in [-0.4, -0.2) is 23.0 Å². The zero-order chi connectivity index (χ0) is 20.6. The highest BCUT2D eigenvalue weighted by Gasteiger charge is 2.22. The minimum Gasteiger partial charge on any atom is -0.328 e. The number of carbonyl (C=O) groups is 1. The van der Waals surface area contributed by atoms with Crippen LogP contribution >= 0.6 is 0 Å². The minimum absolute atomic E-state index is 0.215. The number of aromatic amines is 1. The quantitative estimate of drug-likeness (QED) is 0.694. The van der Waals surface area contributed by atoms with E-state index in [1.807, 2.05) is 0 Å². The number of hydrogen-bond acceptors (Lipinski definition) is 2. The molecular weight excluding hydrogens is 371 g/mol. The Labute approximate surface area is 158 Å². The van der Waals surface area contributed by atoms with Crippen molar-refractivity contribution < 1.29 is 18.0 Å². The van der Waals surface area contributed by atoms with E-state index in [1.54, 1.807) is 13.8 Å². The predicted octanol–water partition coefficient (Wildman–Crippen LogP) is 4.48. The summed E-state index contributed by atoms with van der Waals surface area (Å²) in [7, 11) is 1.52. The molecule has 0 aliphatic heterocycles. The second kappa shape index (κ2) is 7.38. The average Bonchev–Trinajstić information content (AvgIpc) is 2.66. The lowest BCUT2D eigenvalue weighted by Crippen LogP contribution is -2.34. The molecular formula is C20H18F3N3O2. The molecule has 1 heterocycles. The van der Waals surface area contributed by atoms with E-state index in [1.165, 1.54) is 42.4 Å². The van der Waals surface area contributed by atoms with Crippen molar-refractivity contribution in [3.8, 4) is 0 Å². The van der Waals surface area contributed by atoms with Crippen molar-refractivity contribution >= 4 is 22.5 Å². The number of aromatic nitrogens is 1. The first kappa shape index (κ1) is 19.5. The predicted molar refractivity (Wildman–Crippen MR) is 101 cm³/mol. The Hall–Kier alpha value is -3.29. The zero-order valence-electron chi connectivity index (χ0n) is 15.4. The molecule has 1 aromatic heterocycles. The van der Waals surface area contributed by atoms with Crippen molar-refractivity contribution in [2.75, 3.05) is 12.4 Å². The number of fused-ring (bicyclic) bond motifs is 1. The Morgan fingerprint density at radius 1 is 1.14 bits per heavy atom. The van der Waals surface area contributed by atoms with E-state index < -0.39 is 34.7 Å². The van der Waals surface area contributed by atoms with Gasteiger partial charge in [0.1, 0.15) is 5.82 Å². The summed E-state index contributed by atoms with van der Waals surface area (Å²) >= 11 is 0. The number of carbonyl (C=O) groups excluding carboxylic acids is 1. The molecule has 0 saturated carbocycles. The monoisotopic (exact) mass is 389 g/mol. The first-order valence-electron chi connectivity index (χ1n) is 8.50. The molecule has 0 radical (unpaired) electrons. The van der Waals surface area contributed by atoms with Gasteiger partial charge >= 0.3 is 6.03 Å². The molecule has 146 valence electrons. The van der Waals surface area contributed by atoms with Gasteiger partial charge < -0.3 is 15.2 Å². The summed E-state index contributed by atoms with van der Waals surface area (Å²) in [5.41, 5.74) is 0.498. The standard InChI is InChI=1S/C20H18F3N3O2/c1-10-8-12(4-6-15(10)21)25-20(28)26(3)11(2)14-9-24-19(27)17-13(14)5-7-16(22)18(17)23/h4-9,11H,1-3H3,(H,24,27)(H,25,28). The van der Waals surface area contributed by atoms with Crippen molar-refractivity contribution in [1.29, 1.82) is 0 Å². The van der Waals surface area contributed by atoms with Crippen molar-refractivity contribution in [3.63, 3.8) is 0 Å². The minimum atomic E-state index is -1.23. The van der Waals surface area contributed by atoms with E-state index in [9.17, 15) is 22.8 Å². The molecule has 0 saturated heterocycles. The summed E-state index contributed by atoms with van der Waals surface area (Å²) in [5.74, 6) is -2.74. The second-order valence-electron chi connectivity index (χ2n) is 6.54. The summed E-state index contributed by atoms with van der Waals surface area (Å²) in [6.45, 7) is 3.27. The van der Waals surface area contributed by atoms with E-state index >= 15 is 0 Å². The van der Waals surface area contributed by atoms with Gasteiger partial charge in [-0.15, -0.1) is 0 Å². The largest absolute Gasteiger partial charge is 0.328 e. The Balaban J connectivity index is 1.93. The fourth-order valence-electron chi connectivity index (χ4n) is 2.97. The molecule has 2 amide bonds. The summed E-state index contributed by atoms with van der Waals surface area (Å²) in [6.07, 6.45) is 1.37. The van der Waals surface area contributed by atoms with Crippen LogP contribution in [0.2, 0.25) is 0 Å². The van der Waals surface area contributed by atoms with Crippen LogP contribution in [0.3, 0.4) is 0 Å². The first-order valence-corrected chi connectivity index (χ1v) is 8.50. The van der Waals surface area contributed by atoms with Gasteiger partial charge in [0.15, 0.2) is 11.6 Å². The molecule has 3 rings (SSSR count). The molecule has 28 heavy (non-hydrogen) atoms. The number of aryl methyl sites for hydroxylation is 1. The maximum Gasteiger partial charge on any atom is 0.322 e. The summed E-state index contributed by atoms with van der Waals surface area (Å²) < 4.78 is 41.0. The molecule has 0 fully saturated rings. The smallest absolute Gasteiger partial charge is 0.322 e. The molecule has 0 bridgehead atoms. The number of benzene rings is 2. The van der Waals surface area contributed by atoms with Crippen LogP contribution in [-0.2, 0) is 0 Å². The Kier molecular flexibility index (Phi) is 5.13.